The van der Waals surface area contributed by atoms with E-state index in [1.807, 2.05) is 48.5 Å². The molecule has 0 unspecified atom stereocenters. The fourth-order valence-electron chi connectivity index (χ4n) is 3.17. The molecule has 0 fully saturated rings. The summed E-state index contributed by atoms with van der Waals surface area (Å²) in [4.78, 5) is 0.788. The predicted molar refractivity (Wildman–Crippen MR) is 123 cm³/mol. The Morgan fingerprint density at radius 2 is 1.73 bits per heavy atom. The average molecular weight is 478 g/mol. The third-order valence-corrected chi connectivity index (χ3v) is 5.95. The molecular formula is C23H16BrN3O2S. The van der Waals surface area contributed by atoms with Gasteiger partial charge in [0, 0.05) is 15.5 Å². The van der Waals surface area contributed by atoms with E-state index in [0.717, 1.165) is 43.3 Å². The Labute approximate surface area is 185 Å². The second-order valence-corrected chi connectivity index (χ2v) is 8.29. The first-order valence-electron chi connectivity index (χ1n) is 9.26. The summed E-state index contributed by atoms with van der Waals surface area (Å²) < 4.78 is 13.9. The molecule has 0 saturated heterocycles. The minimum Gasteiger partial charge on any atom is -0.454 e. The van der Waals surface area contributed by atoms with Crippen LogP contribution in [0, 0.1) is 0 Å². The topological polar surface area (TPSA) is 48.1 Å². The van der Waals surface area contributed by atoms with Crippen LogP contribution in [0.5, 0.6) is 11.5 Å². The smallest absolute Gasteiger partial charge is 0.231 e. The summed E-state index contributed by atoms with van der Waals surface area (Å²) >= 11 is 5.05. The van der Waals surface area contributed by atoms with Gasteiger partial charge in [-0.25, -0.2) is 0 Å². The van der Waals surface area contributed by atoms with Gasteiger partial charge in [0.25, 0.3) is 0 Å². The highest BCUT2D eigenvalue weighted by Gasteiger charge is 2.12. The summed E-state index contributed by atoms with van der Waals surface area (Å²) in [5.41, 5.74) is 4.11. The van der Waals surface area contributed by atoms with E-state index < -0.39 is 0 Å². The molecule has 1 aliphatic rings. The first kappa shape index (κ1) is 18.8. The lowest BCUT2D eigenvalue weighted by Crippen LogP contribution is -2.13. The van der Waals surface area contributed by atoms with Gasteiger partial charge < -0.3 is 9.47 Å². The van der Waals surface area contributed by atoms with Crippen molar-refractivity contribution in [3.05, 3.63) is 93.0 Å². The SMILES string of the molecule is Brc1ccc(-c2csc(=NN=Cc3ccc4c(c3)OCO4)n2-c2ccccc2)cc1. The fraction of sp³-hybridized carbons (Fsp3) is 0.0435. The molecule has 7 heteroatoms. The molecule has 4 aromatic rings. The van der Waals surface area contributed by atoms with Gasteiger partial charge in [-0.05, 0) is 53.6 Å². The Bertz CT molecular complexity index is 1280. The normalized spacial score (nSPS) is 13.3. The van der Waals surface area contributed by atoms with E-state index in [1.165, 1.54) is 0 Å². The molecule has 0 saturated carbocycles. The molecule has 0 bridgehead atoms. The first-order valence-corrected chi connectivity index (χ1v) is 10.9. The van der Waals surface area contributed by atoms with E-state index in [-0.39, 0.29) is 6.79 Å². The van der Waals surface area contributed by atoms with Crippen LogP contribution in [-0.2, 0) is 0 Å². The number of nitrogens with zero attached hydrogens (tertiary/aromatic N) is 3. The largest absolute Gasteiger partial charge is 0.454 e. The van der Waals surface area contributed by atoms with Crippen molar-refractivity contribution >= 4 is 33.5 Å². The third kappa shape index (κ3) is 3.81. The summed E-state index contributed by atoms with van der Waals surface area (Å²) in [6.45, 7) is 0.255. The number of hydrogen-bond acceptors (Lipinski definition) is 5. The Morgan fingerprint density at radius 1 is 0.933 bits per heavy atom. The van der Waals surface area contributed by atoms with Crippen LogP contribution in [0.25, 0.3) is 16.9 Å². The Hall–Kier alpha value is -3.16. The maximum absolute atomic E-state index is 5.42. The van der Waals surface area contributed by atoms with Gasteiger partial charge in [-0.2, -0.15) is 5.10 Å². The number of benzene rings is 3. The number of ether oxygens (including phenoxy) is 2. The van der Waals surface area contributed by atoms with Crippen molar-refractivity contribution in [3.63, 3.8) is 0 Å². The van der Waals surface area contributed by atoms with Crippen LogP contribution in [0.1, 0.15) is 5.56 Å². The van der Waals surface area contributed by atoms with Crippen molar-refractivity contribution in [3.8, 4) is 28.4 Å². The Morgan fingerprint density at radius 3 is 2.57 bits per heavy atom. The van der Waals surface area contributed by atoms with E-state index in [0.29, 0.717) is 0 Å². The first-order chi connectivity index (χ1) is 14.8. The van der Waals surface area contributed by atoms with Crippen LogP contribution in [0.4, 0.5) is 0 Å². The van der Waals surface area contributed by atoms with E-state index in [1.54, 1.807) is 17.6 Å². The second kappa shape index (κ2) is 8.30. The molecule has 0 amide bonds. The summed E-state index contributed by atoms with van der Waals surface area (Å²) in [5.74, 6) is 1.48. The monoisotopic (exact) mass is 477 g/mol. The van der Waals surface area contributed by atoms with Crippen LogP contribution < -0.4 is 14.3 Å². The van der Waals surface area contributed by atoms with Crippen LogP contribution in [0.2, 0.25) is 0 Å². The van der Waals surface area contributed by atoms with E-state index in [9.17, 15) is 0 Å². The molecule has 1 aliphatic heterocycles. The molecule has 30 heavy (non-hydrogen) atoms. The van der Waals surface area contributed by atoms with Gasteiger partial charge in [0.1, 0.15) is 0 Å². The lowest BCUT2D eigenvalue weighted by Gasteiger charge is -2.09. The van der Waals surface area contributed by atoms with Gasteiger partial charge in [-0.15, -0.1) is 16.4 Å². The number of hydrogen-bond donors (Lipinski definition) is 0. The number of halogens is 1. The number of para-hydroxylation sites is 1. The number of thiazole rings is 1. The maximum atomic E-state index is 5.42. The van der Waals surface area contributed by atoms with Crippen molar-refractivity contribution in [1.29, 1.82) is 0 Å². The molecule has 5 nitrogen and oxygen atoms in total. The van der Waals surface area contributed by atoms with Gasteiger partial charge in [-0.3, -0.25) is 4.57 Å². The highest BCUT2D eigenvalue weighted by Crippen LogP contribution is 2.32. The minimum absolute atomic E-state index is 0.255. The molecular weight excluding hydrogens is 462 g/mol. The molecule has 5 rings (SSSR count). The number of aromatic nitrogens is 1. The summed E-state index contributed by atoms with van der Waals surface area (Å²) in [6, 6.07) is 24.1. The highest BCUT2D eigenvalue weighted by molar-refractivity contribution is 9.10. The summed E-state index contributed by atoms with van der Waals surface area (Å²) in [6.07, 6.45) is 1.72. The number of fused-ring (bicyclic) bond motifs is 1. The van der Waals surface area contributed by atoms with E-state index in [4.69, 9.17) is 9.47 Å². The van der Waals surface area contributed by atoms with Gasteiger partial charge in [0.2, 0.25) is 11.6 Å². The Balaban J connectivity index is 1.55. The molecule has 3 aromatic carbocycles. The minimum atomic E-state index is 0.255. The Kier molecular flexibility index (Phi) is 5.21. The lowest BCUT2D eigenvalue weighted by molar-refractivity contribution is 0.174. The zero-order valence-electron chi connectivity index (χ0n) is 15.7. The van der Waals surface area contributed by atoms with Crippen molar-refractivity contribution in [1.82, 2.24) is 4.57 Å². The molecule has 1 aromatic heterocycles. The second-order valence-electron chi connectivity index (χ2n) is 6.54. The van der Waals surface area contributed by atoms with Crippen LogP contribution in [0.15, 0.2) is 92.9 Å². The quantitative estimate of drug-likeness (QED) is 0.282. The molecule has 0 aliphatic carbocycles. The van der Waals surface area contributed by atoms with E-state index in [2.05, 4.69) is 60.3 Å². The molecule has 0 atom stereocenters. The van der Waals surface area contributed by atoms with Crippen molar-refractivity contribution in [2.24, 2.45) is 10.2 Å². The van der Waals surface area contributed by atoms with Crippen LogP contribution in [-0.4, -0.2) is 17.6 Å². The maximum Gasteiger partial charge on any atom is 0.231 e. The highest BCUT2D eigenvalue weighted by atomic mass is 79.9. The molecule has 0 radical (unpaired) electrons. The lowest BCUT2D eigenvalue weighted by atomic mass is 10.1. The van der Waals surface area contributed by atoms with Crippen LogP contribution >= 0.6 is 27.3 Å². The average Bonchev–Trinajstić information content (AvgIpc) is 3.42. The fourth-order valence-corrected chi connectivity index (χ4v) is 4.29. The zero-order valence-corrected chi connectivity index (χ0v) is 18.1. The molecule has 148 valence electrons. The van der Waals surface area contributed by atoms with Crippen molar-refractivity contribution in [2.75, 3.05) is 6.79 Å². The van der Waals surface area contributed by atoms with Gasteiger partial charge in [0.05, 0.1) is 11.9 Å². The summed E-state index contributed by atoms with van der Waals surface area (Å²) in [5, 5.41) is 10.9. The van der Waals surface area contributed by atoms with Crippen molar-refractivity contribution < 1.29 is 9.47 Å². The van der Waals surface area contributed by atoms with E-state index >= 15 is 0 Å². The third-order valence-electron chi connectivity index (χ3n) is 4.61. The van der Waals surface area contributed by atoms with Gasteiger partial charge in [-0.1, -0.05) is 46.3 Å². The zero-order chi connectivity index (χ0) is 20.3. The van der Waals surface area contributed by atoms with Gasteiger partial charge in [0.15, 0.2) is 11.5 Å². The molecule has 2 heterocycles. The van der Waals surface area contributed by atoms with Gasteiger partial charge >= 0.3 is 0 Å². The van der Waals surface area contributed by atoms with Crippen LogP contribution in [0.3, 0.4) is 0 Å². The molecule has 0 N–H and O–H groups in total. The predicted octanol–water partition coefficient (Wildman–Crippen LogP) is 5.63. The number of rotatable bonds is 4. The summed E-state index contributed by atoms with van der Waals surface area (Å²) in [7, 11) is 0. The van der Waals surface area contributed by atoms with Crippen molar-refractivity contribution in [2.45, 2.75) is 0 Å². The molecule has 0 spiro atoms. The standard InChI is InChI=1S/C23H16BrN3O2S/c24-18-9-7-17(8-10-18)20-14-30-23(27(20)19-4-2-1-3-5-19)26-25-13-16-6-11-21-22(12-16)29-15-28-21/h1-14H,15H2.